The van der Waals surface area contributed by atoms with Gasteiger partial charge in [0.1, 0.15) is 5.60 Å². The average Bonchev–Trinajstić information content (AvgIpc) is 2.82. The molecule has 0 spiro atoms. The summed E-state index contributed by atoms with van der Waals surface area (Å²) in [5.74, 6) is 0.320. The van der Waals surface area contributed by atoms with Crippen LogP contribution in [0, 0.1) is 0 Å². The molecule has 0 unspecified atom stereocenters. The Morgan fingerprint density at radius 2 is 1.84 bits per heavy atom. The normalized spacial score (nSPS) is 13.2. The predicted octanol–water partition coefficient (Wildman–Crippen LogP) is 4.17. The number of hydrogen-bond donors (Lipinski definition) is 1. The number of aldehydes is 1. The lowest BCUT2D eigenvalue weighted by atomic mass is 9.88. The van der Waals surface area contributed by atoms with Crippen molar-refractivity contribution in [3.05, 3.63) is 53.1 Å². The zero-order valence-electron chi connectivity index (χ0n) is 19.1. The molecule has 3 aromatic rings. The summed E-state index contributed by atoms with van der Waals surface area (Å²) in [6, 6.07) is 11.5. The number of nitrogens with zero attached hydrogens (tertiary/aromatic N) is 2. The molecule has 0 amide bonds. The highest BCUT2D eigenvalue weighted by Crippen LogP contribution is 2.36. The van der Waals surface area contributed by atoms with Gasteiger partial charge in [-0.3, -0.25) is 4.79 Å². The number of para-hydroxylation sites is 1. The van der Waals surface area contributed by atoms with E-state index >= 15 is 0 Å². The fraction of sp³-hybridized carbons (Fsp3) is 0.400. The van der Waals surface area contributed by atoms with Crippen molar-refractivity contribution in [1.29, 1.82) is 0 Å². The quantitative estimate of drug-likeness (QED) is 0.449. The second kappa shape index (κ2) is 10.6. The number of pyridine rings is 2. The SMILES string of the molecule is CCOCc1c([C@](O)(C=O)CC)cc(-c2nc3ccccc3cc2COC)nc1OCC. The molecule has 0 bridgehead atoms. The Balaban J connectivity index is 2.32. The summed E-state index contributed by atoms with van der Waals surface area (Å²) in [5, 5.41) is 12.1. The first-order chi connectivity index (χ1) is 15.5. The van der Waals surface area contributed by atoms with Crippen LogP contribution < -0.4 is 4.74 Å². The van der Waals surface area contributed by atoms with Crippen molar-refractivity contribution in [2.75, 3.05) is 20.3 Å². The predicted molar refractivity (Wildman–Crippen MR) is 122 cm³/mol. The van der Waals surface area contributed by atoms with Crippen LogP contribution in [0.2, 0.25) is 0 Å². The summed E-state index contributed by atoms with van der Waals surface area (Å²) in [5.41, 5.74) is 2.03. The smallest absolute Gasteiger partial charge is 0.219 e. The summed E-state index contributed by atoms with van der Waals surface area (Å²) in [6.45, 7) is 6.84. The van der Waals surface area contributed by atoms with Gasteiger partial charge >= 0.3 is 0 Å². The van der Waals surface area contributed by atoms with Crippen molar-refractivity contribution >= 4 is 17.2 Å². The van der Waals surface area contributed by atoms with Crippen molar-refractivity contribution in [3.63, 3.8) is 0 Å². The van der Waals surface area contributed by atoms with E-state index in [0.717, 1.165) is 16.5 Å². The van der Waals surface area contributed by atoms with E-state index in [1.165, 1.54) is 0 Å². The lowest BCUT2D eigenvalue weighted by Gasteiger charge is -2.26. The number of fused-ring (bicyclic) bond motifs is 1. The molecule has 2 aromatic heterocycles. The Hall–Kier alpha value is -2.87. The third-order valence-electron chi connectivity index (χ3n) is 5.36. The number of methoxy groups -OCH3 is 1. The Bertz CT molecular complexity index is 1090. The van der Waals surface area contributed by atoms with Crippen LogP contribution in [-0.4, -0.2) is 41.7 Å². The number of aromatic nitrogens is 2. The van der Waals surface area contributed by atoms with Gasteiger partial charge in [0.25, 0.3) is 0 Å². The summed E-state index contributed by atoms with van der Waals surface area (Å²) < 4.78 is 16.9. The highest BCUT2D eigenvalue weighted by atomic mass is 16.5. The van der Waals surface area contributed by atoms with Crippen LogP contribution in [0.4, 0.5) is 0 Å². The van der Waals surface area contributed by atoms with E-state index in [2.05, 4.69) is 0 Å². The molecular formula is C25H30N2O5. The molecule has 170 valence electrons. The molecule has 0 aliphatic rings. The van der Waals surface area contributed by atoms with Gasteiger partial charge in [-0.15, -0.1) is 0 Å². The second-order valence-electron chi connectivity index (χ2n) is 7.43. The first-order valence-corrected chi connectivity index (χ1v) is 10.8. The third-order valence-corrected chi connectivity index (χ3v) is 5.36. The van der Waals surface area contributed by atoms with Gasteiger partial charge in [-0.05, 0) is 38.5 Å². The minimum atomic E-state index is -1.70. The molecule has 0 saturated carbocycles. The summed E-state index contributed by atoms with van der Waals surface area (Å²) in [6.07, 6.45) is 0.752. The Kier molecular flexibility index (Phi) is 7.90. The van der Waals surface area contributed by atoms with Crippen LogP contribution in [0.25, 0.3) is 22.3 Å². The number of benzene rings is 1. The van der Waals surface area contributed by atoms with E-state index in [1.807, 2.05) is 44.2 Å². The van der Waals surface area contributed by atoms with Gasteiger partial charge in [0.05, 0.1) is 36.7 Å². The average molecular weight is 439 g/mol. The van der Waals surface area contributed by atoms with Crippen LogP contribution in [0.3, 0.4) is 0 Å². The van der Waals surface area contributed by atoms with Crippen LogP contribution in [-0.2, 0) is 33.1 Å². The minimum Gasteiger partial charge on any atom is -0.478 e. The summed E-state index contributed by atoms with van der Waals surface area (Å²) in [4.78, 5) is 21.5. The maximum Gasteiger partial charge on any atom is 0.219 e. The van der Waals surface area contributed by atoms with Gasteiger partial charge in [-0.25, -0.2) is 9.97 Å². The molecule has 7 heteroatoms. The Morgan fingerprint density at radius 3 is 2.50 bits per heavy atom. The molecule has 1 aromatic carbocycles. The molecule has 0 fully saturated rings. The van der Waals surface area contributed by atoms with Gasteiger partial charge < -0.3 is 19.3 Å². The fourth-order valence-corrected chi connectivity index (χ4v) is 3.64. The molecule has 0 saturated heterocycles. The highest BCUT2D eigenvalue weighted by molar-refractivity contribution is 5.83. The van der Waals surface area contributed by atoms with Gasteiger partial charge in [0.15, 0.2) is 6.29 Å². The maximum atomic E-state index is 12.0. The zero-order valence-corrected chi connectivity index (χ0v) is 19.1. The summed E-state index contributed by atoms with van der Waals surface area (Å²) >= 11 is 0. The van der Waals surface area contributed by atoms with E-state index in [9.17, 15) is 9.90 Å². The first-order valence-electron chi connectivity index (χ1n) is 10.8. The van der Waals surface area contributed by atoms with E-state index < -0.39 is 5.60 Å². The van der Waals surface area contributed by atoms with Crippen molar-refractivity contribution in [2.45, 2.75) is 46.0 Å². The number of hydrogen-bond acceptors (Lipinski definition) is 7. The van der Waals surface area contributed by atoms with Crippen LogP contribution in [0.1, 0.15) is 43.9 Å². The second-order valence-corrected chi connectivity index (χ2v) is 7.43. The number of carbonyl (C=O) groups excluding carboxylic acids is 1. The molecular weight excluding hydrogens is 408 g/mol. The molecule has 2 heterocycles. The molecule has 7 nitrogen and oxygen atoms in total. The van der Waals surface area contributed by atoms with E-state index in [0.29, 0.717) is 54.5 Å². The number of aliphatic hydroxyl groups is 1. The third kappa shape index (κ3) is 4.80. The molecule has 0 aliphatic heterocycles. The number of ether oxygens (including phenoxy) is 3. The van der Waals surface area contributed by atoms with E-state index in [-0.39, 0.29) is 13.0 Å². The minimum absolute atomic E-state index is 0.167. The van der Waals surface area contributed by atoms with Gasteiger partial charge in [0, 0.05) is 35.8 Å². The van der Waals surface area contributed by atoms with Crippen molar-refractivity contribution in [2.24, 2.45) is 0 Å². The van der Waals surface area contributed by atoms with Crippen LogP contribution in [0.5, 0.6) is 5.88 Å². The van der Waals surface area contributed by atoms with E-state index in [4.69, 9.17) is 24.2 Å². The molecule has 1 N–H and O–H groups in total. The Labute approximate surface area is 188 Å². The topological polar surface area (TPSA) is 90.8 Å². The highest BCUT2D eigenvalue weighted by Gasteiger charge is 2.33. The van der Waals surface area contributed by atoms with Gasteiger partial charge in [-0.2, -0.15) is 0 Å². The lowest BCUT2D eigenvalue weighted by Crippen LogP contribution is -2.29. The van der Waals surface area contributed by atoms with Crippen LogP contribution in [0.15, 0.2) is 36.4 Å². The fourth-order valence-electron chi connectivity index (χ4n) is 3.64. The lowest BCUT2D eigenvalue weighted by molar-refractivity contribution is -0.125. The van der Waals surface area contributed by atoms with Crippen LogP contribution >= 0.6 is 0 Å². The molecule has 0 aliphatic carbocycles. The first kappa shape index (κ1) is 23.8. The monoisotopic (exact) mass is 438 g/mol. The number of rotatable bonds is 11. The van der Waals surface area contributed by atoms with Gasteiger partial charge in [0.2, 0.25) is 5.88 Å². The van der Waals surface area contributed by atoms with Crippen molar-refractivity contribution in [3.8, 4) is 17.3 Å². The molecule has 1 atom stereocenters. The Morgan fingerprint density at radius 1 is 1.06 bits per heavy atom. The summed E-state index contributed by atoms with van der Waals surface area (Å²) in [7, 11) is 1.62. The zero-order chi connectivity index (χ0) is 23.1. The van der Waals surface area contributed by atoms with Gasteiger partial charge in [-0.1, -0.05) is 25.1 Å². The van der Waals surface area contributed by atoms with Crippen molar-refractivity contribution < 1.29 is 24.1 Å². The standard InChI is InChI=1S/C25H30N2O5/c1-5-25(29,16-28)20-13-22(27-24(32-7-3)19(20)15-31-6-2)23-18(14-30-4)12-17-10-8-9-11-21(17)26-23/h8-13,16,29H,5-7,14-15H2,1-4H3/t25-/m1/s1. The largest absolute Gasteiger partial charge is 0.478 e. The van der Waals surface area contributed by atoms with Crippen molar-refractivity contribution in [1.82, 2.24) is 9.97 Å². The maximum absolute atomic E-state index is 12.0. The number of carbonyl (C=O) groups is 1. The molecule has 32 heavy (non-hydrogen) atoms. The molecule has 3 rings (SSSR count). The van der Waals surface area contributed by atoms with E-state index in [1.54, 1.807) is 20.1 Å². The molecule has 0 radical (unpaired) electrons.